The van der Waals surface area contributed by atoms with E-state index in [9.17, 15) is 4.79 Å². The summed E-state index contributed by atoms with van der Waals surface area (Å²) in [5, 5.41) is 7.18. The van der Waals surface area contributed by atoms with Gasteiger partial charge in [0.25, 0.3) is 0 Å². The average Bonchev–Trinajstić information content (AvgIpc) is 2.48. The topological polar surface area (TPSA) is 41.1 Å². The molecule has 1 aromatic rings. The second kappa shape index (κ2) is 7.09. The molecule has 0 radical (unpaired) electrons. The molecule has 1 saturated heterocycles. The van der Waals surface area contributed by atoms with Gasteiger partial charge < -0.3 is 10.6 Å². The molecule has 2 rings (SSSR count). The monoisotopic (exact) mass is 294 g/mol. The number of carbonyl (C=O) groups excluding carboxylic acids is 1. The van der Waals surface area contributed by atoms with Gasteiger partial charge in [0.2, 0.25) is 5.91 Å². The van der Waals surface area contributed by atoms with Gasteiger partial charge in [-0.3, -0.25) is 4.79 Å². The summed E-state index contributed by atoms with van der Waals surface area (Å²) in [5.74, 6) is 0.189. The van der Waals surface area contributed by atoms with Crippen molar-refractivity contribution in [2.75, 3.05) is 19.6 Å². The van der Waals surface area contributed by atoms with Crippen molar-refractivity contribution in [2.45, 2.75) is 32.6 Å². The van der Waals surface area contributed by atoms with E-state index < -0.39 is 0 Å². The molecule has 20 heavy (non-hydrogen) atoms. The van der Waals surface area contributed by atoms with Crippen LogP contribution in [0.15, 0.2) is 24.3 Å². The molecule has 1 heterocycles. The molecule has 4 heteroatoms. The second-order valence-corrected chi connectivity index (χ2v) is 5.99. The quantitative estimate of drug-likeness (QED) is 0.877. The number of piperidine rings is 1. The standard InChI is InChI=1S/C16H23ClN2O/c1-2-16(8-4-9-18-12-16)15(20)19-10-7-13-5-3-6-14(17)11-13/h3,5-6,11,18H,2,4,7-10,12H2,1H3,(H,19,20). The number of halogens is 1. The van der Waals surface area contributed by atoms with E-state index in [1.807, 2.05) is 24.3 Å². The Morgan fingerprint density at radius 2 is 2.35 bits per heavy atom. The first-order valence-electron chi connectivity index (χ1n) is 7.40. The minimum absolute atomic E-state index is 0.189. The summed E-state index contributed by atoms with van der Waals surface area (Å²) in [6.45, 7) is 4.59. The van der Waals surface area contributed by atoms with E-state index in [1.54, 1.807) is 0 Å². The lowest BCUT2D eigenvalue weighted by Crippen LogP contribution is -2.50. The van der Waals surface area contributed by atoms with Gasteiger partial charge in [0.15, 0.2) is 0 Å². The van der Waals surface area contributed by atoms with Crippen LogP contribution in [0.25, 0.3) is 0 Å². The van der Waals surface area contributed by atoms with Gasteiger partial charge in [-0.05, 0) is 49.9 Å². The maximum atomic E-state index is 12.4. The number of benzene rings is 1. The number of carbonyl (C=O) groups is 1. The van der Waals surface area contributed by atoms with E-state index >= 15 is 0 Å². The number of amides is 1. The Kier molecular flexibility index (Phi) is 5.44. The predicted octanol–water partition coefficient (Wildman–Crippen LogP) is 2.78. The summed E-state index contributed by atoms with van der Waals surface area (Å²) < 4.78 is 0. The number of nitrogens with one attached hydrogen (secondary N) is 2. The Balaban J connectivity index is 1.85. The third kappa shape index (κ3) is 3.74. The maximum Gasteiger partial charge on any atom is 0.227 e. The van der Waals surface area contributed by atoms with Crippen LogP contribution in [-0.2, 0) is 11.2 Å². The smallest absolute Gasteiger partial charge is 0.227 e. The van der Waals surface area contributed by atoms with Crippen LogP contribution < -0.4 is 10.6 Å². The summed E-state index contributed by atoms with van der Waals surface area (Å²) in [6, 6.07) is 7.79. The molecule has 1 fully saturated rings. The molecule has 1 aliphatic rings. The normalized spacial score (nSPS) is 22.5. The lowest BCUT2D eigenvalue weighted by Gasteiger charge is -2.35. The first-order chi connectivity index (χ1) is 9.66. The second-order valence-electron chi connectivity index (χ2n) is 5.55. The summed E-state index contributed by atoms with van der Waals surface area (Å²) in [7, 11) is 0. The highest BCUT2D eigenvalue weighted by atomic mass is 35.5. The van der Waals surface area contributed by atoms with Crippen molar-refractivity contribution in [1.82, 2.24) is 10.6 Å². The average molecular weight is 295 g/mol. The highest BCUT2D eigenvalue weighted by molar-refractivity contribution is 6.30. The zero-order valence-corrected chi connectivity index (χ0v) is 12.8. The fraction of sp³-hybridized carbons (Fsp3) is 0.562. The minimum atomic E-state index is -0.216. The molecule has 1 aliphatic heterocycles. The zero-order valence-electron chi connectivity index (χ0n) is 12.0. The van der Waals surface area contributed by atoms with E-state index in [-0.39, 0.29) is 11.3 Å². The Bertz CT molecular complexity index is 456. The van der Waals surface area contributed by atoms with Crippen molar-refractivity contribution in [2.24, 2.45) is 5.41 Å². The number of hydrogen-bond donors (Lipinski definition) is 2. The molecule has 1 amide bonds. The lowest BCUT2D eigenvalue weighted by atomic mass is 9.77. The van der Waals surface area contributed by atoms with Gasteiger partial charge in [-0.1, -0.05) is 30.7 Å². The van der Waals surface area contributed by atoms with Crippen molar-refractivity contribution >= 4 is 17.5 Å². The summed E-state index contributed by atoms with van der Waals surface area (Å²) in [6.07, 6.45) is 3.78. The largest absolute Gasteiger partial charge is 0.355 e. The maximum absolute atomic E-state index is 12.4. The van der Waals surface area contributed by atoms with E-state index in [0.29, 0.717) is 6.54 Å². The van der Waals surface area contributed by atoms with Gasteiger partial charge in [0.05, 0.1) is 5.41 Å². The van der Waals surface area contributed by atoms with Gasteiger partial charge in [0, 0.05) is 18.1 Å². The van der Waals surface area contributed by atoms with Crippen LogP contribution in [0.4, 0.5) is 0 Å². The van der Waals surface area contributed by atoms with Crippen molar-refractivity contribution in [3.63, 3.8) is 0 Å². The van der Waals surface area contributed by atoms with E-state index in [0.717, 1.165) is 49.4 Å². The molecule has 3 nitrogen and oxygen atoms in total. The Labute approximate surface area is 126 Å². The predicted molar refractivity (Wildman–Crippen MR) is 83.0 cm³/mol. The van der Waals surface area contributed by atoms with Crippen molar-refractivity contribution in [1.29, 1.82) is 0 Å². The third-order valence-electron chi connectivity index (χ3n) is 4.22. The molecule has 0 aromatic heterocycles. The molecule has 1 aromatic carbocycles. The molecule has 0 bridgehead atoms. The van der Waals surface area contributed by atoms with Crippen LogP contribution in [-0.4, -0.2) is 25.5 Å². The molecule has 0 saturated carbocycles. The van der Waals surface area contributed by atoms with Gasteiger partial charge in [-0.25, -0.2) is 0 Å². The minimum Gasteiger partial charge on any atom is -0.355 e. The van der Waals surface area contributed by atoms with Crippen LogP contribution in [0.2, 0.25) is 5.02 Å². The highest BCUT2D eigenvalue weighted by Crippen LogP contribution is 2.30. The molecule has 1 unspecified atom stereocenters. The van der Waals surface area contributed by atoms with Gasteiger partial charge in [0.1, 0.15) is 0 Å². The van der Waals surface area contributed by atoms with Crippen LogP contribution in [0.3, 0.4) is 0 Å². The number of hydrogen-bond acceptors (Lipinski definition) is 2. The lowest BCUT2D eigenvalue weighted by molar-refractivity contribution is -0.132. The molecule has 110 valence electrons. The van der Waals surface area contributed by atoms with Gasteiger partial charge in [-0.2, -0.15) is 0 Å². The van der Waals surface area contributed by atoms with Gasteiger partial charge in [-0.15, -0.1) is 0 Å². The van der Waals surface area contributed by atoms with Crippen molar-refractivity contribution in [3.05, 3.63) is 34.9 Å². The first kappa shape index (κ1) is 15.3. The van der Waals surface area contributed by atoms with Crippen LogP contribution in [0.1, 0.15) is 31.7 Å². The Morgan fingerprint density at radius 1 is 1.50 bits per heavy atom. The summed E-state index contributed by atoms with van der Waals surface area (Å²) in [5.41, 5.74) is 0.942. The van der Waals surface area contributed by atoms with Crippen LogP contribution in [0, 0.1) is 5.41 Å². The zero-order chi connectivity index (χ0) is 14.4. The van der Waals surface area contributed by atoms with Crippen molar-refractivity contribution < 1.29 is 4.79 Å². The van der Waals surface area contributed by atoms with Crippen molar-refractivity contribution in [3.8, 4) is 0 Å². The SMILES string of the molecule is CCC1(C(=O)NCCc2cccc(Cl)c2)CCCNC1. The molecule has 1 atom stereocenters. The van der Waals surface area contributed by atoms with Crippen LogP contribution in [0.5, 0.6) is 0 Å². The van der Waals surface area contributed by atoms with E-state index in [4.69, 9.17) is 11.6 Å². The summed E-state index contributed by atoms with van der Waals surface area (Å²) in [4.78, 5) is 12.4. The number of rotatable bonds is 5. The van der Waals surface area contributed by atoms with E-state index in [1.165, 1.54) is 0 Å². The molecule has 2 N–H and O–H groups in total. The van der Waals surface area contributed by atoms with E-state index in [2.05, 4.69) is 17.6 Å². The molecular weight excluding hydrogens is 272 g/mol. The fourth-order valence-corrected chi connectivity index (χ4v) is 3.04. The molecule has 0 aliphatic carbocycles. The highest BCUT2D eigenvalue weighted by Gasteiger charge is 2.37. The van der Waals surface area contributed by atoms with Crippen LogP contribution >= 0.6 is 11.6 Å². The Hall–Kier alpha value is -1.06. The third-order valence-corrected chi connectivity index (χ3v) is 4.45. The first-order valence-corrected chi connectivity index (χ1v) is 7.77. The van der Waals surface area contributed by atoms with Gasteiger partial charge >= 0.3 is 0 Å². The summed E-state index contributed by atoms with van der Waals surface area (Å²) >= 11 is 5.96. The Morgan fingerprint density at radius 3 is 3.00 bits per heavy atom. The molecular formula is C16H23ClN2O. The fourth-order valence-electron chi connectivity index (χ4n) is 2.82. The molecule has 0 spiro atoms.